The van der Waals surface area contributed by atoms with E-state index in [0.717, 1.165) is 22.3 Å². The van der Waals surface area contributed by atoms with E-state index in [1.54, 1.807) is 13.8 Å². The number of rotatable bonds is 9. The fraction of sp³-hybridized carbons (Fsp3) is 0.375. The van der Waals surface area contributed by atoms with Crippen molar-refractivity contribution in [1.29, 1.82) is 0 Å². The summed E-state index contributed by atoms with van der Waals surface area (Å²) in [6.45, 7) is 2.93. The molecule has 0 aliphatic heterocycles. The molecule has 2 aromatic carbocycles. The average molecular weight is 440 g/mol. The molecule has 0 radical (unpaired) electrons. The van der Waals surface area contributed by atoms with Crippen molar-refractivity contribution in [2.75, 3.05) is 19.8 Å². The SMILES string of the molecule is CC(C)(CNC(=O)OCC1c2ccccc2-c2ccccc21)C(=O)N[C@@H](CCO)C(=O)O. The number of amides is 2. The predicted molar refractivity (Wildman–Crippen MR) is 118 cm³/mol. The van der Waals surface area contributed by atoms with E-state index in [2.05, 4.69) is 22.8 Å². The minimum absolute atomic E-state index is 0.0407. The van der Waals surface area contributed by atoms with Crippen LogP contribution < -0.4 is 10.6 Å². The number of aliphatic carboxylic acids is 1. The van der Waals surface area contributed by atoms with Crippen LogP contribution in [0, 0.1) is 5.41 Å². The van der Waals surface area contributed by atoms with E-state index in [9.17, 15) is 14.4 Å². The first-order valence-corrected chi connectivity index (χ1v) is 10.5. The van der Waals surface area contributed by atoms with Gasteiger partial charge in [0.1, 0.15) is 12.6 Å². The van der Waals surface area contributed by atoms with Crippen molar-refractivity contribution in [1.82, 2.24) is 10.6 Å². The number of fused-ring (bicyclic) bond motifs is 3. The highest BCUT2D eigenvalue weighted by atomic mass is 16.5. The highest BCUT2D eigenvalue weighted by Crippen LogP contribution is 2.44. The second-order valence-corrected chi connectivity index (χ2v) is 8.44. The standard InChI is InChI=1S/C24H28N2O6/c1-24(2,22(30)26-20(11-12-27)21(28)29)14-25-23(31)32-13-19-17-9-5-3-7-15(17)16-8-4-6-10-18(16)19/h3-10,19-20,27H,11-14H2,1-2H3,(H,25,31)(H,26,30)(H,28,29)/t20-/m0/s1. The number of nitrogens with one attached hydrogen (secondary N) is 2. The number of aliphatic hydroxyl groups excluding tert-OH is 1. The summed E-state index contributed by atoms with van der Waals surface area (Å²) in [4.78, 5) is 36.0. The van der Waals surface area contributed by atoms with Crippen molar-refractivity contribution in [3.63, 3.8) is 0 Å². The van der Waals surface area contributed by atoms with Gasteiger partial charge in [-0.25, -0.2) is 9.59 Å². The Kier molecular flexibility index (Phi) is 7.15. The molecule has 0 saturated heterocycles. The smallest absolute Gasteiger partial charge is 0.407 e. The van der Waals surface area contributed by atoms with Gasteiger partial charge in [0, 0.05) is 25.5 Å². The molecule has 0 aromatic heterocycles. The van der Waals surface area contributed by atoms with Gasteiger partial charge in [-0.3, -0.25) is 4.79 Å². The van der Waals surface area contributed by atoms with E-state index in [-0.39, 0.29) is 32.1 Å². The molecule has 2 aromatic rings. The number of hydrogen-bond acceptors (Lipinski definition) is 5. The molecule has 2 amide bonds. The maximum absolute atomic E-state index is 12.5. The molecule has 8 nitrogen and oxygen atoms in total. The highest BCUT2D eigenvalue weighted by molar-refractivity contribution is 5.87. The Morgan fingerprint density at radius 3 is 2.12 bits per heavy atom. The number of carbonyl (C=O) groups is 3. The number of ether oxygens (including phenoxy) is 1. The molecule has 0 unspecified atom stereocenters. The largest absolute Gasteiger partial charge is 0.480 e. The number of carboxylic acid groups (broad SMARTS) is 1. The van der Waals surface area contributed by atoms with Gasteiger partial charge in [0.15, 0.2) is 0 Å². The average Bonchev–Trinajstić information content (AvgIpc) is 3.09. The van der Waals surface area contributed by atoms with Crippen LogP contribution in [0.2, 0.25) is 0 Å². The number of benzene rings is 2. The number of alkyl carbamates (subject to hydrolysis) is 1. The van der Waals surface area contributed by atoms with Crippen molar-refractivity contribution in [2.45, 2.75) is 32.2 Å². The van der Waals surface area contributed by atoms with Crippen LogP contribution in [-0.4, -0.2) is 54.0 Å². The maximum Gasteiger partial charge on any atom is 0.407 e. The topological polar surface area (TPSA) is 125 Å². The van der Waals surface area contributed by atoms with E-state index in [1.807, 2.05) is 36.4 Å². The maximum atomic E-state index is 12.5. The van der Waals surface area contributed by atoms with Crippen molar-refractivity contribution in [3.8, 4) is 11.1 Å². The molecule has 1 aliphatic rings. The van der Waals surface area contributed by atoms with Crippen LogP contribution in [0.5, 0.6) is 0 Å². The van der Waals surface area contributed by atoms with Crippen LogP contribution in [0.15, 0.2) is 48.5 Å². The van der Waals surface area contributed by atoms with Gasteiger partial charge in [0.25, 0.3) is 0 Å². The van der Waals surface area contributed by atoms with E-state index in [4.69, 9.17) is 14.9 Å². The van der Waals surface area contributed by atoms with Crippen molar-refractivity contribution in [3.05, 3.63) is 59.7 Å². The molecule has 1 aliphatic carbocycles. The summed E-state index contributed by atoms with van der Waals surface area (Å²) < 4.78 is 5.46. The summed E-state index contributed by atoms with van der Waals surface area (Å²) in [6, 6.07) is 14.8. The molecule has 32 heavy (non-hydrogen) atoms. The first kappa shape index (κ1) is 23.3. The minimum Gasteiger partial charge on any atom is -0.480 e. The Bertz CT molecular complexity index is 958. The number of carboxylic acids is 1. The van der Waals surface area contributed by atoms with Crippen LogP contribution >= 0.6 is 0 Å². The third-order valence-corrected chi connectivity index (χ3v) is 5.65. The normalized spacial score (nSPS) is 13.6. The molecule has 8 heteroatoms. The molecule has 0 saturated carbocycles. The zero-order valence-electron chi connectivity index (χ0n) is 18.1. The number of carbonyl (C=O) groups excluding carboxylic acids is 2. The molecule has 0 spiro atoms. The molecule has 1 atom stereocenters. The van der Waals surface area contributed by atoms with Crippen LogP contribution in [-0.2, 0) is 14.3 Å². The number of aliphatic hydroxyl groups is 1. The lowest BCUT2D eigenvalue weighted by atomic mass is 9.91. The lowest BCUT2D eigenvalue weighted by Crippen LogP contribution is -2.50. The van der Waals surface area contributed by atoms with Gasteiger partial charge in [-0.05, 0) is 36.1 Å². The second-order valence-electron chi connectivity index (χ2n) is 8.44. The van der Waals surface area contributed by atoms with Gasteiger partial charge in [0.05, 0.1) is 5.41 Å². The Morgan fingerprint density at radius 1 is 1.03 bits per heavy atom. The first-order chi connectivity index (χ1) is 15.2. The summed E-state index contributed by atoms with van der Waals surface area (Å²) in [5.74, 6) is -1.84. The molecule has 3 rings (SSSR count). The van der Waals surface area contributed by atoms with Gasteiger partial charge < -0.3 is 25.6 Å². The van der Waals surface area contributed by atoms with E-state index in [0.29, 0.717) is 0 Å². The van der Waals surface area contributed by atoms with E-state index in [1.165, 1.54) is 0 Å². The molecule has 0 heterocycles. The Morgan fingerprint density at radius 2 is 1.59 bits per heavy atom. The van der Waals surface area contributed by atoms with Gasteiger partial charge in [-0.1, -0.05) is 48.5 Å². The Balaban J connectivity index is 1.56. The Hall–Kier alpha value is -3.39. The molecular formula is C24H28N2O6. The molecular weight excluding hydrogens is 412 g/mol. The highest BCUT2D eigenvalue weighted by Gasteiger charge is 2.33. The fourth-order valence-corrected chi connectivity index (χ4v) is 3.76. The lowest BCUT2D eigenvalue weighted by molar-refractivity contribution is -0.143. The van der Waals surface area contributed by atoms with Crippen molar-refractivity contribution in [2.24, 2.45) is 5.41 Å². The fourth-order valence-electron chi connectivity index (χ4n) is 3.76. The summed E-state index contributed by atoms with van der Waals surface area (Å²) in [5, 5.41) is 23.1. The third-order valence-electron chi connectivity index (χ3n) is 5.65. The third kappa shape index (κ3) is 5.08. The molecule has 0 fully saturated rings. The van der Waals surface area contributed by atoms with Gasteiger partial charge in [0.2, 0.25) is 5.91 Å². The first-order valence-electron chi connectivity index (χ1n) is 10.5. The van der Waals surface area contributed by atoms with Crippen LogP contribution in [0.25, 0.3) is 11.1 Å². The van der Waals surface area contributed by atoms with Crippen molar-refractivity contribution < 1.29 is 29.3 Å². The zero-order valence-corrected chi connectivity index (χ0v) is 18.1. The summed E-state index contributed by atoms with van der Waals surface area (Å²) in [5.41, 5.74) is 3.39. The van der Waals surface area contributed by atoms with E-state index >= 15 is 0 Å². The summed E-state index contributed by atoms with van der Waals surface area (Å²) in [7, 11) is 0. The Labute approximate surface area is 186 Å². The molecule has 4 N–H and O–H groups in total. The van der Waals surface area contributed by atoms with Gasteiger partial charge in [-0.15, -0.1) is 0 Å². The van der Waals surface area contributed by atoms with Gasteiger partial charge in [-0.2, -0.15) is 0 Å². The predicted octanol–water partition coefficient (Wildman–Crippen LogP) is 2.50. The number of hydrogen-bond donors (Lipinski definition) is 4. The summed E-state index contributed by atoms with van der Waals surface area (Å²) >= 11 is 0. The molecule has 170 valence electrons. The van der Waals surface area contributed by atoms with Crippen LogP contribution in [0.4, 0.5) is 4.79 Å². The van der Waals surface area contributed by atoms with E-state index < -0.39 is 29.4 Å². The molecule has 0 bridgehead atoms. The lowest BCUT2D eigenvalue weighted by Gasteiger charge is -2.26. The van der Waals surface area contributed by atoms with Crippen LogP contribution in [0.1, 0.15) is 37.3 Å². The monoisotopic (exact) mass is 440 g/mol. The van der Waals surface area contributed by atoms with Crippen LogP contribution in [0.3, 0.4) is 0 Å². The van der Waals surface area contributed by atoms with Crippen molar-refractivity contribution >= 4 is 18.0 Å². The minimum atomic E-state index is -1.23. The zero-order chi connectivity index (χ0) is 23.3. The van der Waals surface area contributed by atoms with Gasteiger partial charge >= 0.3 is 12.1 Å². The quantitative estimate of drug-likeness (QED) is 0.475. The summed E-state index contributed by atoms with van der Waals surface area (Å²) in [6.07, 6.45) is -0.755. The second kappa shape index (κ2) is 9.82.